The number of aliphatic hydroxyl groups excluding tert-OH is 1. The van der Waals surface area contributed by atoms with Crippen LogP contribution in [-0.4, -0.2) is 29.8 Å². The fourth-order valence-corrected chi connectivity index (χ4v) is 2.64. The summed E-state index contributed by atoms with van der Waals surface area (Å²) in [6, 6.07) is 10.0. The zero-order valence-electron chi connectivity index (χ0n) is 13.0. The third-order valence-corrected chi connectivity index (χ3v) is 3.86. The lowest BCUT2D eigenvalue weighted by atomic mass is 9.93. The Morgan fingerprint density at radius 2 is 2.14 bits per heavy atom. The van der Waals surface area contributed by atoms with Crippen molar-refractivity contribution in [3.8, 4) is 6.07 Å². The number of nitrogens with one attached hydrogen (secondary N) is 2. The van der Waals surface area contributed by atoms with Crippen LogP contribution in [0.5, 0.6) is 0 Å². The molecule has 5 heteroatoms. The largest absolute Gasteiger partial charge is 0.393 e. The van der Waals surface area contributed by atoms with Crippen molar-refractivity contribution in [2.75, 3.05) is 6.54 Å². The number of hydrogen-bond donors (Lipinski definition) is 3. The minimum atomic E-state index is -0.147. The highest BCUT2D eigenvalue weighted by Crippen LogP contribution is 2.18. The molecule has 1 aliphatic carbocycles. The Morgan fingerprint density at radius 3 is 2.82 bits per heavy atom. The van der Waals surface area contributed by atoms with Gasteiger partial charge in [-0.3, -0.25) is 0 Å². The zero-order valence-corrected chi connectivity index (χ0v) is 13.0. The van der Waals surface area contributed by atoms with Gasteiger partial charge in [-0.25, -0.2) is 4.99 Å². The van der Waals surface area contributed by atoms with Crippen LogP contribution in [0, 0.1) is 11.3 Å². The van der Waals surface area contributed by atoms with E-state index in [-0.39, 0.29) is 6.10 Å². The van der Waals surface area contributed by atoms with Gasteiger partial charge in [0.15, 0.2) is 5.96 Å². The smallest absolute Gasteiger partial charge is 0.191 e. The number of aliphatic imine (C=N–C) groups is 1. The molecule has 0 aliphatic heterocycles. The molecule has 0 unspecified atom stereocenters. The van der Waals surface area contributed by atoms with E-state index in [1.807, 2.05) is 25.1 Å². The summed E-state index contributed by atoms with van der Waals surface area (Å²) in [5.74, 6) is 0.797. The van der Waals surface area contributed by atoms with Gasteiger partial charge in [-0.2, -0.15) is 5.26 Å². The molecule has 1 saturated carbocycles. The summed E-state index contributed by atoms with van der Waals surface area (Å²) < 4.78 is 0. The second kappa shape index (κ2) is 8.40. The summed E-state index contributed by atoms with van der Waals surface area (Å²) in [5.41, 5.74) is 1.68. The van der Waals surface area contributed by atoms with E-state index < -0.39 is 0 Å². The van der Waals surface area contributed by atoms with Crippen LogP contribution < -0.4 is 10.6 Å². The highest BCUT2D eigenvalue weighted by Gasteiger charge is 2.19. The van der Waals surface area contributed by atoms with E-state index in [1.54, 1.807) is 6.07 Å². The van der Waals surface area contributed by atoms with E-state index in [2.05, 4.69) is 21.7 Å². The van der Waals surface area contributed by atoms with Gasteiger partial charge >= 0.3 is 0 Å². The molecule has 3 N–H and O–H groups in total. The Bertz CT molecular complexity index is 542. The van der Waals surface area contributed by atoms with Crippen molar-refractivity contribution < 1.29 is 5.11 Å². The average Bonchev–Trinajstić information content (AvgIpc) is 2.55. The highest BCUT2D eigenvalue weighted by molar-refractivity contribution is 5.80. The third-order valence-electron chi connectivity index (χ3n) is 3.86. The van der Waals surface area contributed by atoms with Crippen LogP contribution in [0.25, 0.3) is 0 Å². The molecular formula is C17H24N4O. The fraction of sp³-hybridized carbons (Fsp3) is 0.529. The van der Waals surface area contributed by atoms with Crippen molar-refractivity contribution in [3.63, 3.8) is 0 Å². The van der Waals surface area contributed by atoms with Crippen LogP contribution in [0.3, 0.4) is 0 Å². The van der Waals surface area contributed by atoms with E-state index in [0.717, 1.165) is 43.8 Å². The van der Waals surface area contributed by atoms with Crippen LogP contribution >= 0.6 is 0 Å². The van der Waals surface area contributed by atoms with Gasteiger partial charge in [0.05, 0.1) is 24.3 Å². The number of benzene rings is 1. The first kappa shape index (κ1) is 16.3. The van der Waals surface area contributed by atoms with E-state index in [0.29, 0.717) is 18.2 Å². The normalized spacial score (nSPS) is 22.0. The van der Waals surface area contributed by atoms with E-state index in [9.17, 15) is 5.11 Å². The lowest BCUT2D eigenvalue weighted by Crippen LogP contribution is -2.45. The molecule has 0 heterocycles. The summed E-state index contributed by atoms with van der Waals surface area (Å²) in [7, 11) is 0. The Labute approximate surface area is 132 Å². The maximum Gasteiger partial charge on any atom is 0.191 e. The molecule has 5 nitrogen and oxygen atoms in total. The van der Waals surface area contributed by atoms with Gasteiger partial charge in [0.1, 0.15) is 0 Å². The van der Waals surface area contributed by atoms with E-state index in [4.69, 9.17) is 5.26 Å². The van der Waals surface area contributed by atoms with Crippen LogP contribution in [-0.2, 0) is 6.54 Å². The van der Waals surface area contributed by atoms with Crippen molar-refractivity contribution in [3.05, 3.63) is 35.4 Å². The average molecular weight is 300 g/mol. The van der Waals surface area contributed by atoms with Crippen LogP contribution in [0.1, 0.15) is 43.7 Å². The molecule has 0 atom stereocenters. The minimum absolute atomic E-state index is 0.147. The standard InChI is InChI=1S/C17H24N4O/c1-2-19-17(21-15-6-8-16(22)9-7-15)20-12-14-5-3-4-13(10-14)11-18/h3-5,10,15-16,22H,2,6-9,12H2,1H3,(H2,19,20,21). The summed E-state index contributed by atoms with van der Waals surface area (Å²) in [6.45, 7) is 3.39. The molecule has 0 spiro atoms. The van der Waals surface area contributed by atoms with Crippen molar-refractivity contribution in [2.45, 2.75) is 51.3 Å². The lowest BCUT2D eigenvalue weighted by molar-refractivity contribution is 0.120. The summed E-state index contributed by atoms with van der Waals surface area (Å²) in [6.07, 6.45) is 3.49. The minimum Gasteiger partial charge on any atom is -0.393 e. The molecule has 118 valence electrons. The Balaban J connectivity index is 1.95. The second-order valence-electron chi connectivity index (χ2n) is 5.66. The molecule has 0 radical (unpaired) electrons. The van der Waals surface area contributed by atoms with Gasteiger partial charge in [0.2, 0.25) is 0 Å². The second-order valence-corrected chi connectivity index (χ2v) is 5.66. The Hall–Kier alpha value is -2.06. The maximum absolute atomic E-state index is 9.57. The number of nitriles is 1. The Kier molecular flexibility index (Phi) is 6.23. The van der Waals surface area contributed by atoms with Crippen molar-refractivity contribution >= 4 is 5.96 Å². The first-order valence-corrected chi connectivity index (χ1v) is 7.93. The van der Waals surface area contributed by atoms with Gasteiger partial charge in [-0.1, -0.05) is 12.1 Å². The lowest BCUT2D eigenvalue weighted by Gasteiger charge is -2.27. The molecule has 1 fully saturated rings. The van der Waals surface area contributed by atoms with Gasteiger partial charge in [0, 0.05) is 12.6 Å². The van der Waals surface area contributed by atoms with Crippen LogP contribution in [0.4, 0.5) is 0 Å². The summed E-state index contributed by atoms with van der Waals surface area (Å²) in [5, 5.41) is 25.2. The molecule has 0 saturated heterocycles. The molecular weight excluding hydrogens is 276 g/mol. The number of guanidine groups is 1. The summed E-state index contributed by atoms with van der Waals surface area (Å²) in [4.78, 5) is 4.59. The first-order valence-electron chi connectivity index (χ1n) is 7.93. The topological polar surface area (TPSA) is 80.4 Å². The molecule has 1 aromatic rings. The molecule has 2 rings (SSSR count). The number of rotatable bonds is 4. The molecule has 1 aliphatic rings. The predicted molar refractivity (Wildman–Crippen MR) is 87.4 cm³/mol. The van der Waals surface area contributed by atoms with Gasteiger partial charge < -0.3 is 15.7 Å². The predicted octanol–water partition coefficient (Wildman–Crippen LogP) is 1.92. The maximum atomic E-state index is 9.57. The first-order chi connectivity index (χ1) is 10.7. The number of hydrogen-bond acceptors (Lipinski definition) is 3. The molecule has 0 bridgehead atoms. The van der Waals surface area contributed by atoms with Gasteiger partial charge in [-0.05, 0) is 50.3 Å². The fourth-order valence-electron chi connectivity index (χ4n) is 2.64. The van der Waals surface area contributed by atoms with Gasteiger partial charge in [0.25, 0.3) is 0 Å². The molecule has 22 heavy (non-hydrogen) atoms. The van der Waals surface area contributed by atoms with Crippen molar-refractivity contribution in [2.24, 2.45) is 4.99 Å². The molecule has 0 amide bonds. The molecule has 0 aromatic heterocycles. The SMILES string of the molecule is CCNC(=NCc1cccc(C#N)c1)NC1CCC(O)CC1. The third kappa shape index (κ3) is 5.05. The Morgan fingerprint density at radius 1 is 1.36 bits per heavy atom. The number of nitrogens with zero attached hydrogens (tertiary/aromatic N) is 2. The van der Waals surface area contributed by atoms with Crippen molar-refractivity contribution in [1.29, 1.82) is 5.26 Å². The highest BCUT2D eigenvalue weighted by atomic mass is 16.3. The summed E-state index contributed by atoms with van der Waals surface area (Å²) >= 11 is 0. The van der Waals surface area contributed by atoms with Gasteiger partial charge in [-0.15, -0.1) is 0 Å². The van der Waals surface area contributed by atoms with E-state index in [1.165, 1.54) is 0 Å². The number of aliphatic hydroxyl groups is 1. The van der Waals surface area contributed by atoms with Crippen LogP contribution in [0.15, 0.2) is 29.3 Å². The quantitative estimate of drug-likeness (QED) is 0.586. The zero-order chi connectivity index (χ0) is 15.8. The molecule has 1 aromatic carbocycles. The van der Waals surface area contributed by atoms with E-state index >= 15 is 0 Å². The van der Waals surface area contributed by atoms with Crippen molar-refractivity contribution in [1.82, 2.24) is 10.6 Å². The monoisotopic (exact) mass is 300 g/mol. The van der Waals surface area contributed by atoms with Crippen LogP contribution in [0.2, 0.25) is 0 Å².